The molecule has 0 aliphatic carbocycles. The van der Waals surface area contributed by atoms with Crippen molar-refractivity contribution in [1.82, 2.24) is 5.16 Å². The number of aromatic nitrogens is 1. The summed E-state index contributed by atoms with van der Waals surface area (Å²) in [5, 5.41) is 7.27. The van der Waals surface area contributed by atoms with Crippen LogP contribution in [0.3, 0.4) is 0 Å². The minimum absolute atomic E-state index is 0.175. The van der Waals surface area contributed by atoms with Crippen LogP contribution < -0.4 is 5.32 Å². The lowest BCUT2D eigenvalue weighted by Gasteiger charge is -2.11. The van der Waals surface area contributed by atoms with Crippen molar-refractivity contribution >= 4 is 33.1 Å². The molecule has 114 valence electrons. The molecule has 0 aliphatic rings. The Kier molecular flexibility index (Phi) is 3.48. The highest BCUT2D eigenvalue weighted by Crippen LogP contribution is 2.28. The third kappa shape index (κ3) is 2.87. The molecule has 0 unspecified atom stereocenters. The first-order valence-corrected chi connectivity index (χ1v) is 7.62. The van der Waals surface area contributed by atoms with Gasteiger partial charge in [-0.3, -0.25) is 4.79 Å². The summed E-state index contributed by atoms with van der Waals surface area (Å²) >= 11 is 1.31. The Balaban J connectivity index is 1.82. The number of carbonyl (C=O) groups excluding carboxylic acids is 1. The summed E-state index contributed by atoms with van der Waals surface area (Å²) in [6, 6.07) is 7.85. The first-order chi connectivity index (χ1) is 10.3. The van der Waals surface area contributed by atoms with E-state index in [0.717, 1.165) is 4.70 Å². The minimum atomic E-state index is -0.316. The Morgan fingerprint density at radius 2 is 2.05 bits per heavy atom. The van der Waals surface area contributed by atoms with Crippen LogP contribution in [0.1, 0.15) is 36.2 Å². The number of hydrogen-bond donors (Lipinski definition) is 1. The van der Waals surface area contributed by atoms with Crippen molar-refractivity contribution < 1.29 is 13.7 Å². The van der Waals surface area contributed by atoms with E-state index in [-0.39, 0.29) is 17.1 Å². The summed E-state index contributed by atoms with van der Waals surface area (Å²) in [4.78, 5) is 12.8. The quantitative estimate of drug-likeness (QED) is 0.752. The number of hydrogen-bond acceptors (Lipinski definition) is 4. The summed E-state index contributed by atoms with van der Waals surface area (Å²) in [5.74, 6) is 0.471. The molecule has 3 aromatic rings. The van der Waals surface area contributed by atoms with E-state index in [2.05, 4.69) is 10.5 Å². The van der Waals surface area contributed by atoms with E-state index in [1.165, 1.54) is 23.5 Å². The largest absolute Gasteiger partial charge is 0.359 e. The molecule has 0 radical (unpaired) electrons. The van der Waals surface area contributed by atoms with E-state index in [9.17, 15) is 9.18 Å². The Morgan fingerprint density at radius 3 is 2.73 bits per heavy atom. The van der Waals surface area contributed by atoms with Gasteiger partial charge in [0.25, 0.3) is 5.91 Å². The third-order valence-corrected chi connectivity index (χ3v) is 4.31. The number of thiophene rings is 1. The van der Waals surface area contributed by atoms with E-state index < -0.39 is 0 Å². The second-order valence-electron chi connectivity index (χ2n) is 6.07. The zero-order valence-electron chi connectivity index (χ0n) is 12.4. The van der Waals surface area contributed by atoms with Gasteiger partial charge in [0.1, 0.15) is 11.6 Å². The fourth-order valence-corrected chi connectivity index (χ4v) is 2.93. The second kappa shape index (κ2) is 5.21. The van der Waals surface area contributed by atoms with E-state index in [4.69, 9.17) is 4.52 Å². The lowest BCUT2D eigenvalue weighted by molar-refractivity contribution is 0.102. The van der Waals surface area contributed by atoms with Crippen LogP contribution >= 0.6 is 11.3 Å². The van der Waals surface area contributed by atoms with E-state index >= 15 is 0 Å². The predicted octanol–water partition coefficient (Wildman–Crippen LogP) is 4.58. The molecule has 2 aromatic heterocycles. The zero-order chi connectivity index (χ0) is 15.9. The Hall–Kier alpha value is -2.21. The molecule has 6 heteroatoms. The van der Waals surface area contributed by atoms with E-state index in [0.29, 0.717) is 21.8 Å². The third-order valence-electron chi connectivity index (χ3n) is 3.19. The maximum absolute atomic E-state index is 13.2. The topological polar surface area (TPSA) is 55.1 Å². The minimum Gasteiger partial charge on any atom is -0.359 e. The maximum atomic E-state index is 13.2. The number of fused-ring (bicyclic) bond motifs is 1. The van der Waals surface area contributed by atoms with Crippen LogP contribution in [0, 0.1) is 5.82 Å². The van der Waals surface area contributed by atoms with Gasteiger partial charge < -0.3 is 9.84 Å². The number of amides is 1. The van der Waals surface area contributed by atoms with Crippen molar-refractivity contribution in [2.24, 2.45) is 0 Å². The number of anilines is 1. The molecule has 1 aromatic carbocycles. The molecule has 0 atom stereocenters. The highest BCUT2D eigenvalue weighted by Gasteiger charge is 2.21. The van der Waals surface area contributed by atoms with Gasteiger partial charge in [-0.05, 0) is 29.7 Å². The molecule has 0 fully saturated rings. The summed E-state index contributed by atoms with van der Waals surface area (Å²) in [6.45, 7) is 6.00. The molecule has 0 saturated carbocycles. The van der Waals surface area contributed by atoms with Crippen molar-refractivity contribution in [2.75, 3.05) is 5.32 Å². The molecule has 1 amide bonds. The summed E-state index contributed by atoms with van der Waals surface area (Å²) in [6.07, 6.45) is 0. The monoisotopic (exact) mass is 318 g/mol. The summed E-state index contributed by atoms with van der Waals surface area (Å²) in [7, 11) is 0. The van der Waals surface area contributed by atoms with Gasteiger partial charge in [-0.25, -0.2) is 4.39 Å². The number of nitrogens with one attached hydrogen (secondary N) is 1. The van der Waals surface area contributed by atoms with Gasteiger partial charge >= 0.3 is 0 Å². The lowest BCUT2D eigenvalue weighted by Crippen LogP contribution is -2.11. The van der Waals surface area contributed by atoms with Gasteiger partial charge in [-0.2, -0.15) is 0 Å². The predicted molar refractivity (Wildman–Crippen MR) is 84.9 cm³/mol. The molecule has 1 N–H and O–H groups in total. The molecule has 22 heavy (non-hydrogen) atoms. The van der Waals surface area contributed by atoms with Gasteiger partial charge in [0, 0.05) is 16.2 Å². The molecule has 0 bridgehead atoms. The molecular formula is C16H15FN2O2S. The van der Waals surface area contributed by atoms with Crippen molar-refractivity contribution in [1.29, 1.82) is 0 Å². The fourth-order valence-electron chi connectivity index (χ4n) is 1.99. The number of carbonyl (C=O) groups is 1. The highest BCUT2D eigenvalue weighted by atomic mass is 32.1. The number of benzene rings is 1. The Bertz CT molecular complexity index is 845. The van der Waals surface area contributed by atoms with Gasteiger partial charge in [-0.15, -0.1) is 11.3 Å². The molecule has 4 nitrogen and oxygen atoms in total. The second-order valence-corrected chi connectivity index (χ2v) is 7.16. The summed E-state index contributed by atoms with van der Waals surface area (Å²) < 4.78 is 19.3. The van der Waals surface area contributed by atoms with Crippen LogP contribution in [0.4, 0.5) is 10.2 Å². The zero-order valence-corrected chi connectivity index (χ0v) is 13.3. The average molecular weight is 318 g/mol. The standard InChI is InChI=1S/C16H15FN2O2S/c1-16(2,3)13-8-14(19-21-13)18-15(20)12-7-9-6-10(17)4-5-11(9)22-12/h4-8H,1-3H3,(H,18,19,20). The van der Waals surface area contributed by atoms with Crippen LogP contribution in [0.15, 0.2) is 34.9 Å². The maximum Gasteiger partial charge on any atom is 0.267 e. The van der Waals surface area contributed by atoms with Crippen LogP contribution in [0.25, 0.3) is 10.1 Å². The normalized spacial score (nSPS) is 11.8. The first-order valence-electron chi connectivity index (χ1n) is 6.80. The van der Waals surface area contributed by atoms with E-state index in [1.54, 1.807) is 18.2 Å². The lowest BCUT2D eigenvalue weighted by atomic mass is 9.93. The van der Waals surface area contributed by atoms with Gasteiger partial charge in [-0.1, -0.05) is 25.9 Å². The number of nitrogens with zero attached hydrogens (tertiary/aromatic N) is 1. The Morgan fingerprint density at radius 1 is 1.27 bits per heavy atom. The highest BCUT2D eigenvalue weighted by molar-refractivity contribution is 7.20. The van der Waals surface area contributed by atoms with Gasteiger partial charge in [0.2, 0.25) is 0 Å². The molecule has 0 aliphatic heterocycles. The van der Waals surface area contributed by atoms with Crippen molar-refractivity contribution in [2.45, 2.75) is 26.2 Å². The van der Waals surface area contributed by atoms with Crippen LogP contribution in [-0.2, 0) is 5.41 Å². The van der Waals surface area contributed by atoms with Crippen molar-refractivity contribution in [3.63, 3.8) is 0 Å². The van der Waals surface area contributed by atoms with Crippen molar-refractivity contribution in [3.8, 4) is 0 Å². The SMILES string of the molecule is CC(C)(C)c1cc(NC(=O)c2cc3cc(F)ccc3s2)no1. The molecular weight excluding hydrogens is 303 g/mol. The van der Waals surface area contributed by atoms with Crippen LogP contribution in [-0.4, -0.2) is 11.1 Å². The molecule has 3 rings (SSSR count). The van der Waals surface area contributed by atoms with Crippen molar-refractivity contribution in [3.05, 3.63) is 46.8 Å². The molecule has 0 saturated heterocycles. The molecule has 2 heterocycles. The smallest absolute Gasteiger partial charge is 0.267 e. The van der Waals surface area contributed by atoms with Gasteiger partial charge in [0.05, 0.1) is 4.88 Å². The number of halogens is 1. The van der Waals surface area contributed by atoms with Crippen LogP contribution in [0.5, 0.6) is 0 Å². The summed E-state index contributed by atoms with van der Waals surface area (Å²) in [5.41, 5.74) is -0.175. The van der Waals surface area contributed by atoms with E-state index in [1.807, 2.05) is 20.8 Å². The van der Waals surface area contributed by atoms with Gasteiger partial charge in [0.15, 0.2) is 5.82 Å². The Labute approximate surface area is 130 Å². The first kappa shape index (κ1) is 14.7. The number of rotatable bonds is 2. The average Bonchev–Trinajstić information content (AvgIpc) is 3.03. The fraction of sp³-hybridized carbons (Fsp3) is 0.250. The van der Waals surface area contributed by atoms with Crippen LogP contribution in [0.2, 0.25) is 0 Å². The molecule has 0 spiro atoms.